The van der Waals surface area contributed by atoms with E-state index in [0.717, 1.165) is 9.26 Å². The third-order valence-corrected chi connectivity index (χ3v) is 4.40. The van der Waals surface area contributed by atoms with Crippen LogP contribution in [-0.2, 0) is 0 Å². The van der Waals surface area contributed by atoms with Crippen LogP contribution in [0.15, 0.2) is 30.5 Å². The lowest BCUT2D eigenvalue weighted by atomic mass is 10.1. The molecule has 0 amide bonds. The molecule has 7 heteroatoms. The maximum Gasteiger partial charge on any atom is 0.229 e. The summed E-state index contributed by atoms with van der Waals surface area (Å²) >= 11 is 2.16. The molecule has 1 aromatic carbocycles. The number of rotatable bonds is 7. The van der Waals surface area contributed by atoms with E-state index in [-0.39, 0.29) is 24.3 Å². The number of hydrogen-bond donors (Lipinski definition) is 3. The fourth-order valence-electron chi connectivity index (χ4n) is 2.04. The topological polar surface area (TPSA) is 87.1 Å². The van der Waals surface area contributed by atoms with Crippen LogP contribution in [0.5, 0.6) is 0 Å². The first-order valence-electron chi connectivity index (χ1n) is 7.68. The first-order valence-corrected chi connectivity index (χ1v) is 8.76. The molecule has 0 saturated carbocycles. The Morgan fingerprint density at radius 1 is 1.29 bits per heavy atom. The molecule has 0 fully saturated rings. The minimum atomic E-state index is -0.0730. The van der Waals surface area contributed by atoms with Gasteiger partial charge in [-0.3, -0.25) is 4.79 Å². The van der Waals surface area contributed by atoms with Crippen molar-refractivity contribution in [2.75, 3.05) is 17.2 Å². The number of aliphatic hydroxyl groups is 1. The van der Waals surface area contributed by atoms with Crippen molar-refractivity contribution in [3.63, 3.8) is 0 Å². The van der Waals surface area contributed by atoms with E-state index in [0.29, 0.717) is 17.3 Å². The van der Waals surface area contributed by atoms with Gasteiger partial charge in [0.2, 0.25) is 5.95 Å². The molecule has 0 unspecified atom stereocenters. The van der Waals surface area contributed by atoms with Crippen molar-refractivity contribution in [3.8, 4) is 0 Å². The molecule has 0 saturated heterocycles. The molecule has 1 heterocycles. The standard InChI is InChI=1S/C17H21IN4O2/c1-10(2)15(9-23)21-16-14(18)8-19-17(22-16)20-13-6-4-12(5-7-13)11(3)24/h4-8,10,15,23H,9H2,1-3H3,(H2,19,20,21,22)/t15-/m0/s1. The summed E-state index contributed by atoms with van der Waals surface area (Å²) in [6.07, 6.45) is 1.72. The van der Waals surface area contributed by atoms with Gasteiger partial charge in [-0.2, -0.15) is 4.98 Å². The monoisotopic (exact) mass is 440 g/mol. The van der Waals surface area contributed by atoms with Gasteiger partial charge in [-0.05, 0) is 59.7 Å². The molecule has 0 spiro atoms. The Morgan fingerprint density at radius 3 is 2.50 bits per heavy atom. The Balaban J connectivity index is 2.16. The summed E-state index contributed by atoms with van der Waals surface area (Å²) in [5.41, 5.74) is 1.46. The van der Waals surface area contributed by atoms with Gasteiger partial charge in [0.05, 0.1) is 16.2 Å². The molecule has 0 radical (unpaired) electrons. The molecule has 0 aliphatic carbocycles. The molecular weight excluding hydrogens is 419 g/mol. The number of Topliss-reactive ketones (excluding diaryl/α,β-unsaturated/α-hetero) is 1. The molecule has 0 aliphatic heterocycles. The van der Waals surface area contributed by atoms with E-state index in [1.807, 2.05) is 26.0 Å². The first kappa shape index (κ1) is 18.6. The second-order valence-electron chi connectivity index (χ2n) is 5.83. The quantitative estimate of drug-likeness (QED) is 0.452. The smallest absolute Gasteiger partial charge is 0.229 e. The van der Waals surface area contributed by atoms with Gasteiger partial charge in [0.25, 0.3) is 0 Å². The van der Waals surface area contributed by atoms with E-state index in [1.165, 1.54) is 6.92 Å². The number of carbonyl (C=O) groups is 1. The van der Waals surface area contributed by atoms with E-state index < -0.39 is 0 Å². The van der Waals surface area contributed by atoms with E-state index in [2.05, 4.69) is 43.2 Å². The van der Waals surface area contributed by atoms with Crippen LogP contribution in [0.4, 0.5) is 17.5 Å². The van der Waals surface area contributed by atoms with Crippen molar-refractivity contribution in [2.24, 2.45) is 5.92 Å². The second kappa shape index (κ2) is 8.39. The molecule has 128 valence electrons. The number of nitrogens with one attached hydrogen (secondary N) is 2. The maximum atomic E-state index is 11.3. The first-order chi connectivity index (χ1) is 11.4. The highest BCUT2D eigenvalue weighted by molar-refractivity contribution is 14.1. The number of benzene rings is 1. The molecule has 2 rings (SSSR count). The van der Waals surface area contributed by atoms with E-state index in [1.54, 1.807) is 18.3 Å². The Morgan fingerprint density at radius 2 is 1.96 bits per heavy atom. The molecule has 0 aliphatic rings. The molecule has 2 aromatic rings. The van der Waals surface area contributed by atoms with Crippen molar-refractivity contribution in [1.82, 2.24) is 9.97 Å². The lowest BCUT2D eigenvalue weighted by Crippen LogP contribution is -2.30. The van der Waals surface area contributed by atoms with Crippen molar-refractivity contribution >= 4 is 45.8 Å². The largest absolute Gasteiger partial charge is 0.394 e. The maximum absolute atomic E-state index is 11.3. The zero-order valence-electron chi connectivity index (χ0n) is 13.9. The number of aromatic nitrogens is 2. The summed E-state index contributed by atoms with van der Waals surface area (Å²) in [5, 5.41) is 15.8. The minimum absolute atomic E-state index is 0.0299. The van der Waals surface area contributed by atoms with E-state index >= 15 is 0 Å². The molecule has 0 bridgehead atoms. The number of aliphatic hydroxyl groups excluding tert-OH is 1. The van der Waals surface area contributed by atoms with Crippen molar-refractivity contribution in [1.29, 1.82) is 0 Å². The molecular formula is C17H21IN4O2. The summed E-state index contributed by atoms with van der Waals surface area (Å²) in [6.45, 7) is 5.65. The predicted molar refractivity (Wildman–Crippen MR) is 104 cm³/mol. The molecule has 1 aromatic heterocycles. The number of anilines is 3. The minimum Gasteiger partial charge on any atom is -0.394 e. The summed E-state index contributed by atoms with van der Waals surface area (Å²) in [6, 6.07) is 7.08. The Bertz CT molecular complexity index is 704. The molecule has 3 N–H and O–H groups in total. The molecule has 24 heavy (non-hydrogen) atoms. The Labute approximate surface area is 155 Å². The summed E-state index contributed by atoms with van der Waals surface area (Å²) in [4.78, 5) is 20.1. The number of hydrogen-bond acceptors (Lipinski definition) is 6. The van der Waals surface area contributed by atoms with Crippen LogP contribution in [0.1, 0.15) is 31.1 Å². The lowest BCUT2D eigenvalue weighted by Gasteiger charge is -2.21. The molecule has 6 nitrogen and oxygen atoms in total. The third-order valence-electron chi connectivity index (χ3n) is 3.62. The fourth-order valence-corrected chi connectivity index (χ4v) is 2.46. The van der Waals surface area contributed by atoms with Gasteiger partial charge in [-0.1, -0.05) is 13.8 Å². The number of nitrogens with zero attached hydrogens (tertiary/aromatic N) is 2. The van der Waals surface area contributed by atoms with E-state index in [4.69, 9.17) is 0 Å². The van der Waals surface area contributed by atoms with Crippen LogP contribution in [0.25, 0.3) is 0 Å². The number of carbonyl (C=O) groups excluding carboxylic acids is 1. The third kappa shape index (κ3) is 4.88. The normalized spacial score (nSPS) is 12.1. The van der Waals surface area contributed by atoms with Crippen LogP contribution in [0, 0.1) is 9.49 Å². The summed E-state index contributed by atoms with van der Waals surface area (Å²) < 4.78 is 0.879. The van der Waals surface area contributed by atoms with Crippen LogP contribution >= 0.6 is 22.6 Å². The second-order valence-corrected chi connectivity index (χ2v) is 6.99. The van der Waals surface area contributed by atoms with Gasteiger partial charge in [-0.25, -0.2) is 4.98 Å². The number of halogens is 1. The van der Waals surface area contributed by atoms with Crippen LogP contribution < -0.4 is 10.6 Å². The van der Waals surface area contributed by atoms with Gasteiger partial charge >= 0.3 is 0 Å². The molecule has 1 atom stereocenters. The fraction of sp³-hybridized carbons (Fsp3) is 0.353. The van der Waals surface area contributed by atoms with E-state index in [9.17, 15) is 9.90 Å². The van der Waals surface area contributed by atoms with Crippen LogP contribution in [0.3, 0.4) is 0 Å². The average Bonchev–Trinajstić information content (AvgIpc) is 2.55. The van der Waals surface area contributed by atoms with Crippen LogP contribution in [0.2, 0.25) is 0 Å². The highest BCUT2D eigenvalue weighted by atomic mass is 127. The summed E-state index contributed by atoms with van der Waals surface area (Å²) in [5.74, 6) is 1.44. The Kier molecular flexibility index (Phi) is 6.50. The lowest BCUT2D eigenvalue weighted by molar-refractivity contribution is 0.101. The van der Waals surface area contributed by atoms with Crippen LogP contribution in [-0.4, -0.2) is 33.5 Å². The predicted octanol–water partition coefficient (Wildman–Crippen LogP) is 3.46. The van der Waals surface area contributed by atoms with Crippen molar-refractivity contribution in [2.45, 2.75) is 26.8 Å². The van der Waals surface area contributed by atoms with Gasteiger partial charge < -0.3 is 15.7 Å². The van der Waals surface area contributed by atoms with Gasteiger partial charge in [0.15, 0.2) is 5.78 Å². The highest BCUT2D eigenvalue weighted by Gasteiger charge is 2.15. The van der Waals surface area contributed by atoms with Crippen molar-refractivity contribution in [3.05, 3.63) is 39.6 Å². The van der Waals surface area contributed by atoms with Crippen molar-refractivity contribution < 1.29 is 9.90 Å². The number of ketones is 1. The van der Waals surface area contributed by atoms with Gasteiger partial charge in [-0.15, -0.1) is 0 Å². The van der Waals surface area contributed by atoms with Gasteiger partial charge in [0.1, 0.15) is 5.82 Å². The highest BCUT2D eigenvalue weighted by Crippen LogP contribution is 2.21. The summed E-state index contributed by atoms with van der Waals surface area (Å²) in [7, 11) is 0. The SMILES string of the molecule is CC(=O)c1ccc(Nc2ncc(I)c(N[C@@H](CO)C(C)C)n2)cc1. The zero-order chi connectivity index (χ0) is 17.7. The Hall–Kier alpha value is -1.74. The van der Waals surface area contributed by atoms with Gasteiger partial charge in [0, 0.05) is 17.4 Å². The zero-order valence-corrected chi connectivity index (χ0v) is 16.0. The average molecular weight is 440 g/mol.